The van der Waals surface area contributed by atoms with Crippen molar-refractivity contribution in [2.75, 3.05) is 49.4 Å². The van der Waals surface area contributed by atoms with Crippen LogP contribution in [-0.2, 0) is 20.7 Å². The monoisotopic (exact) mass is 518 g/mol. The molecule has 4 N–H and O–H groups in total. The van der Waals surface area contributed by atoms with Crippen LogP contribution in [0.1, 0.15) is 27.9 Å². The number of carbonyl (C=O) groups excluding carboxylic acids is 2. The van der Waals surface area contributed by atoms with E-state index in [1.54, 1.807) is 7.11 Å². The molecule has 9 nitrogen and oxygen atoms in total. The molecular weight excluding hydrogens is 484 g/mol. The summed E-state index contributed by atoms with van der Waals surface area (Å²) in [6.07, 6.45) is 0.759. The van der Waals surface area contributed by atoms with Crippen molar-refractivity contribution in [1.82, 2.24) is 4.90 Å². The standard InChI is InChI=1S/C29H34N4O5/c1-21-6-3-4-7-26(21)31-20-30-24-12-8-22(9-13-24)18-28(35)33(16-5-17-38-2)19-27(34)32-25-14-10-23(11-15-25)29(36)37/h3-4,6-15,30-31H,5,16-20H2,1-2H3,(H,32,34)(H,36,37). The fraction of sp³-hybridized carbons (Fsp3) is 0.276. The molecule has 0 bridgehead atoms. The number of methoxy groups -OCH3 is 1. The molecule has 0 aromatic heterocycles. The number of amides is 2. The third-order valence-corrected chi connectivity index (χ3v) is 5.90. The molecule has 0 aliphatic rings. The van der Waals surface area contributed by atoms with Crippen molar-refractivity contribution in [2.45, 2.75) is 19.8 Å². The number of aromatic carboxylic acids is 1. The van der Waals surface area contributed by atoms with Crippen molar-refractivity contribution < 1.29 is 24.2 Å². The zero-order valence-electron chi connectivity index (χ0n) is 21.7. The predicted octanol–water partition coefficient (Wildman–Crippen LogP) is 4.22. The van der Waals surface area contributed by atoms with Crippen LogP contribution in [-0.4, -0.2) is 61.3 Å². The summed E-state index contributed by atoms with van der Waals surface area (Å²) in [5.74, 6) is -1.57. The minimum absolute atomic E-state index is 0.118. The van der Waals surface area contributed by atoms with Crippen LogP contribution in [0.2, 0.25) is 0 Å². The van der Waals surface area contributed by atoms with Gasteiger partial charge in [-0.05, 0) is 66.9 Å². The highest BCUT2D eigenvalue weighted by Gasteiger charge is 2.18. The van der Waals surface area contributed by atoms with Gasteiger partial charge in [0.25, 0.3) is 0 Å². The molecule has 0 heterocycles. The van der Waals surface area contributed by atoms with Gasteiger partial charge in [-0.2, -0.15) is 0 Å². The molecule has 200 valence electrons. The highest BCUT2D eigenvalue weighted by Crippen LogP contribution is 2.15. The number of carbonyl (C=O) groups is 3. The minimum atomic E-state index is -1.04. The van der Waals surface area contributed by atoms with E-state index >= 15 is 0 Å². The van der Waals surface area contributed by atoms with Crippen LogP contribution < -0.4 is 16.0 Å². The van der Waals surface area contributed by atoms with Crippen LogP contribution >= 0.6 is 0 Å². The maximum absolute atomic E-state index is 13.1. The maximum atomic E-state index is 13.1. The molecule has 38 heavy (non-hydrogen) atoms. The van der Waals surface area contributed by atoms with Gasteiger partial charge in [-0.1, -0.05) is 30.3 Å². The quantitative estimate of drug-likeness (QED) is 0.186. The van der Waals surface area contributed by atoms with Crippen molar-refractivity contribution in [3.63, 3.8) is 0 Å². The number of ether oxygens (including phenoxy) is 1. The van der Waals surface area contributed by atoms with E-state index in [1.807, 2.05) is 42.5 Å². The lowest BCUT2D eigenvalue weighted by Gasteiger charge is -2.22. The number of hydrogen-bond acceptors (Lipinski definition) is 6. The second kappa shape index (κ2) is 14.4. The molecule has 9 heteroatoms. The van der Waals surface area contributed by atoms with Crippen LogP contribution in [0.5, 0.6) is 0 Å². The van der Waals surface area contributed by atoms with Gasteiger partial charge < -0.3 is 30.7 Å². The molecule has 0 aliphatic carbocycles. The first kappa shape index (κ1) is 28.2. The first-order chi connectivity index (χ1) is 18.4. The molecule has 0 fully saturated rings. The summed E-state index contributed by atoms with van der Waals surface area (Å²) in [6.45, 7) is 3.34. The molecule has 0 unspecified atom stereocenters. The van der Waals surface area contributed by atoms with Crippen molar-refractivity contribution in [3.8, 4) is 0 Å². The number of nitrogens with zero attached hydrogens (tertiary/aromatic N) is 1. The number of carboxylic acids is 1. The summed E-state index contributed by atoms with van der Waals surface area (Å²) >= 11 is 0. The third kappa shape index (κ3) is 8.94. The Hall–Kier alpha value is -4.37. The number of rotatable bonds is 14. The Morgan fingerprint density at radius 1 is 0.895 bits per heavy atom. The predicted molar refractivity (Wildman–Crippen MR) is 149 cm³/mol. The molecule has 0 atom stereocenters. The third-order valence-electron chi connectivity index (χ3n) is 5.90. The first-order valence-electron chi connectivity index (χ1n) is 12.4. The Bertz CT molecular complexity index is 1210. The normalized spacial score (nSPS) is 10.5. The van der Waals surface area contributed by atoms with Gasteiger partial charge >= 0.3 is 5.97 Å². The highest BCUT2D eigenvalue weighted by atomic mass is 16.5. The fourth-order valence-corrected chi connectivity index (χ4v) is 3.80. The summed E-state index contributed by atoms with van der Waals surface area (Å²) in [7, 11) is 1.59. The first-order valence-corrected chi connectivity index (χ1v) is 12.4. The van der Waals surface area contributed by atoms with E-state index in [4.69, 9.17) is 9.84 Å². The number of para-hydroxylation sites is 1. The average molecular weight is 519 g/mol. The number of carboxylic acid groups (broad SMARTS) is 1. The Morgan fingerprint density at radius 2 is 1.58 bits per heavy atom. The van der Waals surface area contributed by atoms with E-state index in [1.165, 1.54) is 34.7 Å². The summed E-state index contributed by atoms with van der Waals surface area (Å²) in [6, 6.07) is 21.6. The smallest absolute Gasteiger partial charge is 0.335 e. The lowest BCUT2D eigenvalue weighted by atomic mass is 10.1. The number of nitrogens with one attached hydrogen (secondary N) is 3. The second-order valence-corrected chi connectivity index (χ2v) is 8.81. The maximum Gasteiger partial charge on any atom is 0.335 e. The number of anilines is 3. The van der Waals surface area contributed by atoms with Crippen LogP contribution in [0.3, 0.4) is 0 Å². The van der Waals surface area contributed by atoms with E-state index in [0.717, 1.165) is 16.9 Å². The SMILES string of the molecule is COCCCN(CC(=O)Nc1ccc(C(=O)O)cc1)C(=O)Cc1ccc(NCNc2ccccc2C)cc1. The van der Waals surface area contributed by atoms with E-state index in [-0.39, 0.29) is 30.3 Å². The molecule has 0 radical (unpaired) electrons. The molecule has 0 aliphatic heterocycles. The lowest BCUT2D eigenvalue weighted by molar-refractivity contribution is -0.134. The highest BCUT2D eigenvalue weighted by molar-refractivity contribution is 5.95. The van der Waals surface area contributed by atoms with Gasteiger partial charge in [0.1, 0.15) is 0 Å². The van der Waals surface area contributed by atoms with E-state index < -0.39 is 5.97 Å². The second-order valence-electron chi connectivity index (χ2n) is 8.81. The van der Waals surface area contributed by atoms with Gasteiger partial charge in [-0.3, -0.25) is 9.59 Å². The molecule has 0 spiro atoms. The average Bonchev–Trinajstić information content (AvgIpc) is 2.90. The molecule has 3 rings (SSSR count). The summed E-state index contributed by atoms with van der Waals surface area (Å²) in [4.78, 5) is 38.2. The fourth-order valence-electron chi connectivity index (χ4n) is 3.80. The number of benzene rings is 3. The Balaban J connectivity index is 1.54. The molecule has 3 aromatic carbocycles. The van der Waals surface area contributed by atoms with Crippen LogP contribution in [0.15, 0.2) is 72.8 Å². The minimum Gasteiger partial charge on any atom is -0.478 e. The van der Waals surface area contributed by atoms with Gasteiger partial charge in [0.05, 0.1) is 25.2 Å². The van der Waals surface area contributed by atoms with Crippen molar-refractivity contribution in [3.05, 3.63) is 89.5 Å². The van der Waals surface area contributed by atoms with Gasteiger partial charge in [-0.25, -0.2) is 4.79 Å². The molecule has 0 saturated carbocycles. The summed E-state index contributed by atoms with van der Waals surface area (Å²) in [5.41, 5.74) is 4.59. The van der Waals surface area contributed by atoms with Gasteiger partial charge in [0.2, 0.25) is 11.8 Å². The number of hydrogen-bond donors (Lipinski definition) is 4. The van der Waals surface area contributed by atoms with Crippen molar-refractivity contribution >= 4 is 34.8 Å². The zero-order valence-corrected chi connectivity index (χ0v) is 21.7. The Labute approximate surface area is 222 Å². The van der Waals surface area contributed by atoms with Crippen LogP contribution in [0.4, 0.5) is 17.1 Å². The summed E-state index contributed by atoms with van der Waals surface area (Å²) in [5, 5.41) is 18.4. The molecule has 0 saturated heterocycles. The molecule has 3 aromatic rings. The van der Waals surface area contributed by atoms with Gasteiger partial charge in [-0.15, -0.1) is 0 Å². The van der Waals surface area contributed by atoms with Crippen LogP contribution in [0, 0.1) is 6.92 Å². The topological polar surface area (TPSA) is 120 Å². The molecule has 2 amide bonds. The van der Waals surface area contributed by atoms with Gasteiger partial charge in [0, 0.05) is 37.3 Å². The van der Waals surface area contributed by atoms with Crippen LogP contribution in [0.25, 0.3) is 0 Å². The van der Waals surface area contributed by atoms with Crippen molar-refractivity contribution in [2.24, 2.45) is 0 Å². The zero-order chi connectivity index (χ0) is 27.3. The lowest BCUT2D eigenvalue weighted by Crippen LogP contribution is -2.39. The van der Waals surface area contributed by atoms with Gasteiger partial charge in [0.15, 0.2) is 0 Å². The van der Waals surface area contributed by atoms with E-state index in [0.29, 0.717) is 31.9 Å². The summed E-state index contributed by atoms with van der Waals surface area (Å²) < 4.78 is 5.10. The van der Waals surface area contributed by atoms with E-state index in [2.05, 4.69) is 28.9 Å². The Kier molecular flexibility index (Phi) is 10.7. The number of aryl methyl sites for hydroxylation is 1. The molecular formula is C29H34N4O5. The Morgan fingerprint density at radius 3 is 2.24 bits per heavy atom. The largest absolute Gasteiger partial charge is 0.478 e. The van der Waals surface area contributed by atoms with E-state index in [9.17, 15) is 14.4 Å². The van der Waals surface area contributed by atoms with Crippen molar-refractivity contribution in [1.29, 1.82) is 0 Å².